The summed E-state index contributed by atoms with van der Waals surface area (Å²) in [4.78, 5) is 12.0. The lowest BCUT2D eigenvalue weighted by Crippen LogP contribution is -2.57. The van der Waals surface area contributed by atoms with Crippen LogP contribution in [0.5, 0.6) is 0 Å². The van der Waals surface area contributed by atoms with E-state index in [0.29, 0.717) is 0 Å². The zero-order chi connectivity index (χ0) is 14.7. The maximum absolute atomic E-state index is 12.4. The number of nitrogens with one attached hydrogen (secondary N) is 1. The van der Waals surface area contributed by atoms with Gasteiger partial charge in [0.15, 0.2) is 6.10 Å². The SMILES string of the molecule is CCOC(=O)C(COC(C)C(F)(F)F)(NC)C1CC1. The molecule has 0 aromatic carbocycles. The van der Waals surface area contributed by atoms with E-state index in [9.17, 15) is 18.0 Å². The average molecular weight is 283 g/mol. The van der Waals surface area contributed by atoms with Gasteiger partial charge < -0.3 is 14.8 Å². The monoisotopic (exact) mass is 283 g/mol. The molecule has 1 aliphatic carbocycles. The third kappa shape index (κ3) is 3.82. The van der Waals surface area contributed by atoms with Crippen LogP contribution in [0.15, 0.2) is 0 Å². The summed E-state index contributed by atoms with van der Waals surface area (Å²) in [5.41, 5.74) is -1.17. The average Bonchev–Trinajstić information content (AvgIpc) is 3.14. The van der Waals surface area contributed by atoms with Gasteiger partial charge in [-0.3, -0.25) is 0 Å². The Morgan fingerprint density at radius 3 is 2.37 bits per heavy atom. The van der Waals surface area contributed by atoms with Crippen molar-refractivity contribution in [2.24, 2.45) is 5.92 Å². The number of rotatable bonds is 7. The van der Waals surface area contributed by atoms with Crippen molar-refractivity contribution in [1.82, 2.24) is 5.32 Å². The van der Waals surface area contributed by atoms with Crippen LogP contribution in [0.25, 0.3) is 0 Å². The number of likely N-dealkylation sites (N-methyl/N-ethyl adjacent to an activating group) is 1. The van der Waals surface area contributed by atoms with E-state index in [2.05, 4.69) is 5.32 Å². The minimum Gasteiger partial charge on any atom is -0.465 e. The Balaban J connectivity index is 2.72. The van der Waals surface area contributed by atoms with E-state index >= 15 is 0 Å². The van der Waals surface area contributed by atoms with Crippen LogP contribution >= 0.6 is 0 Å². The molecule has 112 valence electrons. The van der Waals surface area contributed by atoms with E-state index in [4.69, 9.17) is 9.47 Å². The largest absolute Gasteiger partial charge is 0.465 e. The molecular formula is C12H20F3NO3. The molecule has 1 rings (SSSR count). The first-order chi connectivity index (χ1) is 8.78. The van der Waals surface area contributed by atoms with Gasteiger partial charge in [-0.05, 0) is 39.7 Å². The lowest BCUT2D eigenvalue weighted by molar-refractivity contribution is -0.220. The third-order valence-corrected chi connectivity index (χ3v) is 3.38. The molecule has 0 radical (unpaired) electrons. The van der Waals surface area contributed by atoms with E-state index in [1.807, 2.05) is 0 Å². The maximum Gasteiger partial charge on any atom is 0.414 e. The molecule has 2 unspecified atom stereocenters. The summed E-state index contributed by atoms with van der Waals surface area (Å²) in [5.74, 6) is -0.577. The smallest absolute Gasteiger partial charge is 0.414 e. The summed E-state index contributed by atoms with van der Waals surface area (Å²) in [6.45, 7) is 2.43. The van der Waals surface area contributed by atoms with Crippen molar-refractivity contribution >= 4 is 5.97 Å². The second-order valence-corrected chi connectivity index (χ2v) is 4.71. The summed E-state index contributed by atoms with van der Waals surface area (Å²) in [6.07, 6.45) is -4.78. The molecule has 7 heteroatoms. The number of carbonyl (C=O) groups is 1. The predicted molar refractivity (Wildman–Crippen MR) is 62.6 cm³/mol. The molecule has 1 saturated carbocycles. The minimum atomic E-state index is -4.43. The van der Waals surface area contributed by atoms with Crippen LogP contribution in [-0.4, -0.2) is 44.0 Å². The molecule has 0 bridgehead atoms. The van der Waals surface area contributed by atoms with Gasteiger partial charge in [0, 0.05) is 0 Å². The van der Waals surface area contributed by atoms with Crippen molar-refractivity contribution < 1.29 is 27.4 Å². The Morgan fingerprint density at radius 2 is 2.00 bits per heavy atom. The first kappa shape index (κ1) is 16.2. The van der Waals surface area contributed by atoms with Crippen LogP contribution in [0, 0.1) is 5.92 Å². The van der Waals surface area contributed by atoms with Crippen LogP contribution in [-0.2, 0) is 14.3 Å². The van der Waals surface area contributed by atoms with E-state index < -0.39 is 23.8 Å². The number of hydrogen-bond donors (Lipinski definition) is 1. The van der Waals surface area contributed by atoms with Gasteiger partial charge in [0.2, 0.25) is 0 Å². The van der Waals surface area contributed by atoms with E-state index in [1.54, 1.807) is 6.92 Å². The van der Waals surface area contributed by atoms with Gasteiger partial charge in [0.25, 0.3) is 0 Å². The molecule has 0 amide bonds. The highest BCUT2D eigenvalue weighted by Crippen LogP contribution is 2.41. The van der Waals surface area contributed by atoms with Crippen LogP contribution in [0.1, 0.15) is 26.7 Å². The van der Waals surface area contributed by atoms with Crippen LogP contribution in [0.4, 0.5) is 13.2 Å². The van der Waals surface area contributed by atoms with Gasteiger partial charge in [0.1, 0.15) is 5.54 Å². The Labute approximate surface area is 110 Å². The van der Waals surface area contributed by atoms with Gasteiger partial charge in [-0.15, -0.1) is 0 Å². The topological polar surface area (TPSA) is 47.6 Å². The number of halogens is 3. The zero-order valence-corrected chi connectivity index (χ0v) is 11.3. The van der Waals surface area contributed by atoms with Gasteiger partial charge >= 0.3 is 12.1 Å². The number of ether oxygens (including phenoxy) is 2. The minimum absolute atomic E-state index is 0.0306. The molecule has 0 aromatic rings. The van der Waals surface area contributed by atoms with Crippen molar-refractivity contribution in [3.8, 4) is 0 Å². The lowest BCUT2D eigenvalue weighted by atomic mass is 9.94. The zero-order valence-electron chi connectivity index (χ0n) is 11.3. The molecule has 0 aliphatic heterocycles. The first-order valence-electron chi connectivity index (χ1n) is 6.32. The molecule has 0 spiro atoms. The molecule has 2 atom stereocenters. The third-order valence-electron chi connectivity index (χ3n) is 3.38. The standard InChI is InChI=1S/C12H20F3NO3/c1-4-18-10(17)11(16-3,9-5-6-9)7-19-8(2)12(13,14)15/h8-9,16H,4-7H2,1-3H3. The van der Waals surface area contributed by atoms with E-state index in [0.717, 1.165) is 19.8 Å². The summed E-state index contributed by atoms with van der Waals surface area (Å²) in [5, 5.41) is 2.80. The summed E-state index contributed by atoms with van der Waals surface area (Å²) in [6, 6.07) is 0. The van der Waals surface area contributed by atoms with Gasteiger partial charge in [-0.2, -0.15) is 13.2 Å². The summed E-state index contributed by atoms with van der Waals surface area (Å²) < 4.78 is 47.1. The fourth-order valence-electron chi connectivity index (χ4n) is 1.91. The van der Waals surface area contributed by atoms with Crippen molar-refractivity contribution in [3.05, 3.63) is 0 Å². The Kier molecular flexibility index (Phi) is 5.20. The first-order valence-corrected chi connectivity index (χ1v) is 6.32. The second kappa shape index (κ2) is 6.09. The summed E-state index contributed by atoms with van der Waals surface area (Å²) >= 11 is 0. The molecular weight excluding hydrogens is 263 g/mol. The quantitative estimate of drug-likeness (QED) is 0.725. The molecule has 0 saturated heterocycles. The Morgan fingerprint density at radius 1 is 1.42 bits per heavy atom. The molecule has 1 N–H and O–H groups in total. The van der Waals surface area contributed by atoms with Crippen molar-refractivity contribution in [1.29, 1.82) is 0 Å². The Hall–Kier alpha value is -0.820. The number of carbonyl (C=O) groups excluding carboxylic acids is 1. The Bertz CT molecular complexity index is 318. The van der Waals surface area contributed by atoms with Gasteiger partial charge in [-0.25, -0.2) is 4.79 Å². The fourth-order valence-corrected chi connectivity index (χ4v) is 1.91. The number of hydrogen-bond acceptors (Lipinski definition) is 4. The number of esters is 1. The van der Waals surface area contributed by atoms with Crippen molar-refractivity contribution in [2.75, 3.05) is 20.3 Å². The molecule has 4 nitrogen and oxygen atoms in total. The summed E-state index contributed by atoms with van der Waals surface area (Å²) in [7, 11) is 1.54. The van der Waals surface area contributed by atoms with Crippen molar-refractivity contribution in [2.45, 2.75) is 44.5 Å². The van der Waals surface area contributed by atoms with Crippen molar-refractivity contribution in [3.63, 3.8) is 0 Å². The highest BCUT2D eigenvalue weighted by atomic mass is 19.4. The maximum atomic E-state index is 12.4. The van der Waals surface area contributed by atoms with Crippen LogP contribution in [0.2, 0.25) is 0 Å². The molecule has 1 fully saturated rings. The molecule has 0 aromatic heterocycles. The van der Waals surface area contributed by atoms with Crippen LogP contribution in [0.3, 0.4) is 0 Å². The van der Waals surface area contributed by atoms with Crippen LogP contribution < -0.4 is 5.32 Å². The molecule has 1 aliphatic rings. The lowest BCUT2D eigenvalue weighted by Gasteiger charge is -2.32. The fraction of sp³-hybridized carbons (Fsp3) is 0.917. The number of alkyl halides is 3. The van der Waals surface area contributed by atoms with E-state index in [1.165, 1.54) is 7.05 Å². The second-order valence-electron chi connectivity index (χ2n) is 4.71. The normalized spacial score (nSPS) is 20.7. The van der Waals surface area contributed by atoms with Gasteiger partial charge in [-0.1, -0.05) is 0 Å². The predicted octanol–water partition coefficient (Wildman–Crippen LogP) is 1.89. The van der Waals surface area contributed by atoms with E-state index in [-0.39, 0.29) is 19.1 Å². The molecule has 0 heterocycles. The van der Waals surface area contributed by atoms with Gasteiger partial charge in [0.05, 0.1) is 13.2 Å². The highest BCUT2D eigenvalue weighted by molar-refractivity contribution is 5.82. The molecule has 19 heavy (non-hydrogen) atoms. The highest BCUT2D eigenvalue weighted by Gasteiger charge is 2.52.